The lowest BCUT2D eigenvalue weighted by atomic mass is 9.74. The number of hydrogen-bond donors (Lipinski definition) is 0. The number of ether oxygens (including phenoxy) is 1. The van der Waals surface area contributed by atoms with Gasteiger partial charge in [0.2, 0.25) is 0 Å². The van der Waals surface area contributed by atoms with Crippen molar-refractivity contribution in [2.75, 3.05) is 0 Å². The molecule has 1 aliphatic heterocycles. The molecular weight excluding hydrogens is 419 g/mol. The lowest BCUT2D eigenvalue weighted by molar-refractivity contribution is -0.123. The summed E-state index contributed by atoms with van der Waals surface area (Å²) in [5.74, 6) is 1.23. The number of carbonyl (C=O) groups excluding carboxylic acids is 1. The van der Waals surface area contributed by atoms with E-state index >= 15 is 0 Å². The van der Waals surface area contributed by atoms with Crippen LogP contribution in [0.3, 0.4) is 0 Å². The Morgan fingerprint density at radius 1 is 1.14 bits per heavy atom. The number of allylic oxidation sites excluding steroid dienone is 4. The van der Waals surface area contributed by atoms with Gasteiger partial charge in [0.05, 0.1) is 8.83 Å². The number of hydrogen-bond acceptors (Lipinski definition) is 2. The Hall–Kier alpha value is 0.360. The van der Waals surface area contributed by atoms with Crippen LogP contribution >= 0.6 is 43.5 Å². The van der Waals surface area contributed by atoms with Crippen molar-refractivity contribution in [2.45, 2.75) is 45.0 Å². The van der Waals surface area contributed by atoms with Gasteiger partial charge in [-0.2, -0.15) is 0 Å². The highest BCUT2D eigenvalue weighted by atomic mass is 79.9. The van der Waals surface area contributed by atoms with Gasteiger partial charge in [-0.15, -0.1) is 11.6 Å². The van der Waals surface area contributed by atoms with Crippen LogP contribution < -0.4 is 0 Å². The molecular formula is C16H15Br2ClO2. The third-order valence-corrected chi connectivity index (χ3v) is 9.10. The van der Waals surface area contributed by atoms with Gasteiger partial charge in [-0.05, 0) is 31.1 Å². The minimum atomic E-state index is -0.893. The Morgan fingerprint density at radius 2 is 1.86 bits per heavy atom. The molecule has 0 spiro atoms. The summed E-state index contributed by atoms with van der Waals surface area (Å²) in [6, 6.07) is 0. The molecule has 6 atom stereocenters. The van der Waals surface area contributed by atoms with Crippen LogP contribution in [-0.2, 0) is 9.53 Å². The first-order valence-electron chi connectivity index (χ1n) is 7.49. The molecule has 0 radical (unpaired) electrons. The zero-order chi connectivity index (χ0) is 14.7. The molecule has 4 fully saturated rings. The quantitative estimate of drug-likeness (QED) is 0.424. The highest BCUT2D eigenvalue weighted by molar-refractivity contribution is 9.25. The first kappa shape index (κ1) is 13.8. The van der Waals surface area contributed by atoms with Crippen LogP contribution in [0.1, 0.15) is 25.7 Å². The van der Waals surface area contributed by atoms with E-state index in [9.17, 15) is 4.79 Å². The van der Waals surface area contributed by atoms with E-state index in [1.54, 1.807) is 0 Å². The molecule has 5 rings (SSSR count). The van der Waals surface area contributed by atoms with Gasteiger partial charge < -0.3 is 4.74 Å². The van der Waals surface area contributed by atoms with Crippen LogP contribution in [0.4, 0.5) is 0 Å². The van der Waals surface area contributed by atoms with Crippen molar-refractivity contribution in [1.29, 1.82) is 0 Å². The van der Waals surface area contributed by atoms with Gasteiger partial charge in [0.1, 0.15) is 10.5 Å². The SMILES string of the molecule is O=C1[C@@H]2C=CC=C[C@@]1(Cl)C[C@@]13C[C@H]4[C@@H](C[C@@]1(C2)O3)C4(Br)Br. The normalized spacial score (nSPS) is 58.4. The summed E-state index contributed by atoms with van der Waals surface area (Å²) < 4.78 is 6.43. The van der Waals surface area contributed by atoms with Crippen molar-refractivity contribution < 1.29 is 9.53 Å². The highest BCUT2D eigenvalue weighted by Gasteiger charge is 2.83. The van der Waals surface area contributed by atoms with E-state index in [1.807, 2.05) is 24.3 Å². The highest BCUT2D eigenvalue weighted by Crippen LogP contribution is 2.79. The fourth-order valence-electron chi connectivity index (χ4n) is 5.07. The van der Waals surface area contributed by atoms with Crippen LogP contribution in [0.5, 0.6) is 0 Å². The van der Waals surface area contributed by atoms with Crippen molar-refractivity contribution >= 4 is 49.2 Å². The Balaban J connectivity index is 1.58. The molecule has 2 nitrogen and oxygen atoms in total. The average Bonchev–Trinajstić information content (AvgIpc) is 3.22. The van der Waals surface area contributed by atoms with Crippen LogP contribution in [0.25, 0.3) is 0 Å². The minimum Gasteiger partial charge on any atom is -0.362 e. The fourth-order valence-corrected chi connectivity index (χ4v) is 7.16. The molecule has 3 saturated carbocycles. The second-order valence-corrected chi connectivity index (χ2v) is 11.7. The summed E-state index contributed by atoms with van der Waals surface area (Å²) in [7, 11) is 0. The van der Waals surface area contributed by atoms with E-state index in [0.717, 1.165) is 19.3 Å². The Bertz CT molecular complexity index is 630. The molecule has 0 amide bonds. The van der Waals surface area contributed by atoms with Crippen LogP contribution in [0, 0.1) is 17.8 Å². The van der Waals surface area contributed by atoms with Gasteiger partial charge in [0, 0.05) is 12.3 Å². The summed E-state index contributed by atoms with van der Waals surface area (Å²) in [6.07, 6.45) is 11.2. The maximum absolute atomic E-state index is 12.8. The number of carbonyl (C=O) groups is 1. The van der Waals surface area contributed by atoms with Crippen LogP contribution in [0.15, 0.2) is 24.3 Å². The van der Waals surface area contributed by atoms with Crippen LogP contribution in [-0.4, -0.2) is 25.1 Å². The largest absolute Gasteiger partial charge is 0.362 e. The minimum absolute atomic E-state index is 0.0797. The van der Waals surface area contributed by atoms with E-state index in [-0.39, 0.29) is 26.1 Å². The third kappa shape index (κ3) is 1.56. The molecule has 0 aromatic heterocycles. The molecule has 0 aromatic rings. The molecule has 4 aliphatic carbocycles. The molecule has 2 bridgehead atoms. The first-order valence-corrected chi connectivity index (χ1v) is 9.46. The summed E-state index contributed by atoms with van der Waals surface area (Å²) in [5.41, 5.74) is -0.330. The number of Topliss-reactive ketones (excluding diaryl/α,β-unsaturated/α-hetero) is 1. The lowest BCUT2D eigenvalue weighted by Gasteiger charge is -2.26. The zero-order valence-corrected chi connectivity index (χ0v) is 15.2. The summed E-state index contributed by atoms with van der Waals surface area (Å²) in [5, 5.41) is 0. The van der Waals surface area contributed by atoms with E-state index < -0.39 is 4.87 Å². The van der Waals surface area contributed by atoms with Gasteiger partial charge >= 0.3 is 0 Å². The van der Waals surface area contributed by atoms with Crippen molar-refractivity contribution in [3.63, 3.8) is 0 Å². The Morgan fingerprint density at radius 3 is 2.62 bits per heavy atom. The van der Waals surface area contributed by atoms with Crippen molar-refractivity contribution in [2.24, 2.45) is 17.8 Å². The average molecular weight is 435 g/mol. The number of ketones is 1. The predicted octanol–water partition coefficient (Wildman–Crippen LogP) is 4.10. The second-order valence-electron chi connectivity index (χ2n) is 7.34. The van der Waals surface area contributed by atoms with Gasteiger partial charge in [-0.3, -0.25) is 4.79 Å². The van der Waals surface area contributed by atoms with Gasteiger partial charge in [0.25, 0.3) is 0 Å². The number of alkyl halides is 3. The molecule has 5 heteroatoms. The molecule has 1 saturated heterocycles. The van der Waals surface area contributed by atoms with E-state index in [0.29, 0.717) is 18.3 Å². The Kier molecular flexibility index (Phi) is 2.43. The van der Waals surface area contributed by atoms with E-state index in [4.69, 9.17) is 16.3 Å². The predicted molar refractivity (Wildman–Crippen MR) is 87.9 cm³/mol. The fraction of sp³-hybridized carbons (Fsp3) is 0.688. The second kappa shape index (κ2) is 3.71. The summed E-state index contributed by atoms with van der Waals surface area (Å²) in [4.78, 5) is 11.9. The van der Waals surface area contributed by atoms with E-state index in [1.165, 1.54) is 0 Å². The monoisotopic (exact) mass is 432 g/mol. The molecule has 112 valence electrons. The van der Waals surface area contributed by atoms with Crippen molar-refractivity contribution in [3.8, 4) is 0 Å². The van der Waals surface area contributed by atoms with Gasteiger partial charge in [0.15, 0.2) is 5.78 Å². The molecule has 0 N–H and O–H groups in total. The maximum Gasteiger partial charge on any atom is 0.164 e. The van der Waals surface area contributed by atoms with Crippen molar-refractivity contribution in [3.05, 3.63) is 24.3 Å². The molecule has 0 unspecified atom stereocenters. The number of rotatable bonds is 0. The molecule has 21 heavy (non-hydrogen) atoms. The lowest BCUT2D eigenvalue weighted by Crippen LogP contribution is -2.38. The first-order chi connectivity index (χ1) is 9.82. The summed E-state index contributed by atoms with van der Waals surface area (Å²) in [6.45, 7) is 0. The van der Waals surface area contributed by atoms with Gasteiger partial charge in [-0.25, -0.2) is 0 Å². The number of epoxide rings is 1. The summed E-state index contributed by atoms with van der Waals surface area (Å²) >= 11 is 14.4. The van der Waals surface area contributed by atoms with Gasteiger partial charge in [-0.1, -0.05) is 56.2 Å². The maximum atomic E-state index is 12.8. The van der Waals surface area contributed by atoms with Crippen molar-refractivity contribution in [1.82, 2.24) is 0 Å². The number of halogens is 3. The smallest absolute Gasteiger partial charge is 0.164 e. The standard InChI is InChI=1S/C16H15Br2ClO2/c17-16(18)10-6-14-5-9-3-1-2-4-13(19,12(9)20)8-15(14,21-14)7-11(10)16/h1-4,9-11H,5-8H2/t9-,10-,11+,13-,14-,15+/m1/s1. The number of fused-ring (bicyclic) bond motifs is 3. The molecule has 5 aliphatic rings. The van der Waals surface area contributed by atoms with E-state index in [2.05, 4.69) is 31.9 Å². The zero-order valence-electron chi connectivity index (χ0n) is 11.3. The Labute approximate surface area is 145 Å². The molecule has 1 heterocycles. The third-order valence-electron chi connectivity index (χ3n) is 6.30. The van der Waals surface area contributed by atoms with Crippen LogP contribution in [0.2, 0.25) is 0 Å². The topological polar surface area (TPSA) is 29.6 Å². The molecule has 0 aromatic carbocycles.